The Morgan fingerprint density at radius 1 is 1.05 bits per heavy atom. The number of rotatable bonds is 9. The van der Waals surface area contributed by atoms with Crippen LogP contribution in [0.4, 0.5) is 0 Å². The zero-order valence-electron chi connectivity index (χ0n) is 26.4. The number of aryl methyl sites for hydroxylation is 1. The summed E-state index contributed by atoms with van der Waals surface area (Å²) in [6, 6.07) is 5.88. The van der Waals surface area contributed by atoms with Crippen molar-refractivity contribution < 1.29 is 9.59 Å². The van der Waals surface area contributed by atoms with Gasteiger partial charge in [0.1, 0.15) is 0 Å². The zero-order chi connectivity index (χ0) is 29.2. The molecule has 0 heterocycles. The Kier molecular flexibility index (Phi) is 17.4. The second-order valence-corrected chi connectivity index (χ2v) is 11.5. The second kappa shape index (κ2) is 19.6. The normalized spacial score (nSPS) is 18.9. The van der Waals surface area contributed by atoms with Crippen LogP contribution in [-0.4, -0.2) is 11.7 Å². The van der Waals surface area contributed by atoms with Gasteiger partial charge in [-0.3, -0.25) is 9.59 Å². The number of nitrogens with one attached hydrogen (secondary N) is 1. The molecule has 1 aromatic rings. The van der Waals surface area contributed by atoms with E-state index in [9.17, 15) is 9.59 Å². The minimum atomic E-state index is 0.163. The standard InChI is InChI=1S/C19H33NO.C11H14O.C6H10/c1-5-7-9-16-10-12-17(13-11-16)19(21)20-18(8-6-2)14-15(3)4;1-4-10-8(2)6-5-7-11(10)9(3)12;1-2-6-4-3-5-6/h6,8,14-17H,5,7,9-13H2,1-4H3,(H,20,21);5-7H,4H2,1-3H3;2H,3-5H2,1H3/b8-6-,18-14+;;. The maximum absolute atomic E-state index is 12.4. The van der Waals surface area contributed by atoms with Gasteiger partial charge >= 0.3 is 0 Å². The Bertz CT molecular complexity index is 952. The predicted octanol–water partition coefficient (Wildman–Crippen LogP) is 10.1. The molecule has 0 spiro atoms. The molecule has 218 valence electrons. The summed E-state index contributed by atoms with van der Waals surface area (Å²) in [5, 5.41) is 3.11. The van der Waals surface area contributed by atoms with E-state index in [1.807, 2.05) is 44.2 Å². The maximum Gasteiger partial charge on any atom is 0.227 e. The van der Waals surface area contributed by atoms with Gasteiger partial charge in [-0.25, -0.2) is 0 Å². The van der Waals surface area contributed by atoms with Crippen molar-refractivity contribution >= 4 is 11.7 Å². The molecule has 0 aromatic heterocycles. The smallest absolute Gasteiger partial charge is 0.227 e. The molecule has 0 atom stereocenters. The molecule has 2 fully saturated rings. The molecular formula is C36H57NO2. The van der Waals surface area contributed by atoms with E-state index < -0.39 is 0 Å². The van der Waals surface area contributed by atoms with Crippen LogP contribution in [0.5, 0.6) is 0 Å². The summed E-state index contributed by atoms with van der Waals surface area (Å²) < 4.78 is 0. The van der Waals surface area contributed by atoms with Gasteiger partial charge in [0, 0.05) is 17.2 Å². The van der Waals surface area contributed by atoms with Crippen molar-refractivity contribution in [1.82, 2.24) is 5.32 Å². The number of carbonyl (C=O) groups is 2. The van der Waals surface area contributed by atoms with Gasteiger partial charge in [-0.15, -0.1) is 0 Å². The third-order valence-corrected chi connectivity index (χ3v) is 7.86. The van der Waals surface area contributed by atoms with E-state index >= 15 is 0 Å². The van der Waals surface area contributed by atoms with E-state index in [-0.39, 0.29) is 17.6 Å². The van der Waals surface area contributed by atoms with Crippen molar-refractivity contribution in [1.29, 1.82) is 0 Å². The fourth-order valence-electron chi connectivity index (χ4n) is 5.30. The first-order valence-electron chi connectivity index (χ1n) is 15.5. The van der Waals surface area contributed by atoms with Gasteiger partial charge in [-0.05, 0) is 108 Å². The van der Waals surface area contributed by atoms with Crippen molar-refractivity contribution in [2.75, 3.05) is 0 Å². The summed E-state index contributed by atoms with van der Waals surface area (Å²) in [5.41, 5.74) is 5.87. The van der Waals surface area contributed by atoms with E-state index in [1.54, 1.807) is 12.5 Å². The quantitative estimate of drug-likeness (QED) is 0.194. The van der Waals surface area contributed by atoms with Crippen LogP contribution in [0.15, 0.2) is 53.8 Å². The first kappa shape index (κ1) is 34.6. The number of unbranched alkanes of at least 4 members (excludes halogenated alkanes) is 1. The summed E-state index contributed by atoms with van der Waals surface area (Å²) >= 11 is 0. The molecular weight excluding hydrogens is 478 g/mol. The molecule has 3 heteroatoms. The van der Waals surface area contributed by atoms with Crippen LogP contribution in [0.25, 0.3) is 0 Å². The van der Waals surface area contributed by atoms with Crippen LogP contribution in [0, 0.1) is 24.7 Å². The number of Topliss-reactive ketones (excluding diaryl/α,β-unsaturated/α-hetero) is 1. The number of allylic oxidation sites excluding steroid dienone is 5. The van der Waals surface area contributed by atoms with E-state index in [0.29, 0.717) is 5.92 Å². The minimum Gasteiger partial charge on any atom is -0.326 e. The Balaban J connectivity index is 0.000000350. The van der Waals surface area contributed by atoms with Gasteiger partial charge in [0.2, 0.25) is 5.91 Å². The summed E-state index contributed by atoms with van der Waals surface area (Å²) in [4.78, 5) is 23.6. The van der Waals surface area contributed by atoms with Crippen LogP contribution in [0.3, 0.4) is 0 Å². The van der Waals surface area contributed by atoms with Crippen molar-refractivity contribution in [3.05, 3.63) is 70.5 Å². The van der Waals surface area contributed by atoms with E-state index in [2.05, 4.69) is 52.1 Å². The molecule has 3 nitrogen and oxygen atoms in total. The number of carbonyl (C=O) groups excluding carboxylic acids is 2. The lowest BCUT2D eigenvalue weighted by Crippen LogP contribution is -2.32. The molecule has 1 aromatic carbocycles. The SMILES string of the molecule is C/C=C\C(=C/C(C)C)NC(=O)C1CCC(CCCC)CC1.CC=C1CCC1.CCc1c(C)cccc1C(C)=O. The topological polar surface area (TPSA) is 46.2 Å². The lowest BCUT2D eigenvalue weighted by atomic mass is 9.79. The fraction of sp³-hybridized carbons (Fsp3) is 0.611. The second-order valence-electron chi connectivity index (χ2n) is 11.5. The van der Waals surface area contributed by atoms with Crippen LogP contribution >= 0.6 is 0 Å². The molecule has 39 heavy (non-hydrogen) atoms. The molecule has 0 saturated heterocycles. The number of amides is 1. The molecule has 0 radical (unpaired) electrons. The first-order valence-corrected chi connectivity index (χ1v) is 15.5. The Labute approximate surface area is 240 Å². The predicted molar refractivity (Wildman–Crippen MR) is 169 cm³/mol. The van der Waals surface area contributed by atoms with Crippen molar-refractivity contribution in [2.45, 2.75) is 126 Å². The van der Waals surface area contributed by atoms with Crippen LogP contribution < -0.4 is 5.32 Å². The maximum atomic E-state index is 12.4. The molecule has 1 amide bonds. The average Bonchev–Trinajstić information content (AvgIpc) is 2.87. The Hall–Kier alpha value is -2.42. The molecule has 1 N–H and O–H groups in total. The van der Waals surface area contributed by atoms with Gasteiger partial charge in [-0.2, -0.15) is 0 Å². The highest BCUT2D eigenvalue weighted by molar-refractivity contribution is 5.95. The third-order valence-electron chi connectivity index (χ3n) is 7.86. The molecule has 0 aliphatic heterocycles. The van der Waals surface area contributed by atoms with Crippen molar-refractivity contribution in [2.24, 2.45) is 17.8 Å². The number of benzene rings is 1. The van der Waals surface area contributed by atoms with Gasteiger partial charge in [0.05, 0.1) is 0 Å². The molecule has 2 aliphatic carbocycles. The monoisotopic (exact) mass is 535 g/mol. The summed E-state index contributed by atoms with van der Waals surface area (Å²) in [6.07, 6.45) is 22.0. The van der Waals surface area contributed by atoms with Gasteiger partial charge in [0.25, 0.3) is 0 Å². The number of ketones is 1. The van der Waals surface area contributed by atoms with Crippen LogP contribution in [0.2, 0.25) is 0 Å². The van der Waals surface area contributed by atoms with Crippen LogP contribution in [-0.2, 0) is 11.2 Å². The minimum absolute atomic E-state index is 0.163. The highest BCUT2D eigenvalue weighted by Gasteiger charge is 2.26. The summed E-state index contributed by atoms with van der Waals surface area (Å²) in [6.45, 7) is 16.4. The first-order chi connectivity index (χ1) is 18.7. The van der Waals surface area contributed by atoms with E-state index in [1.165, 1.54) is 62.5 Å². The average molecular weight is 536 g/mol. The fourth-order valence-corrected chi connectivity index (χ4v) is 5.30. The summed E-state index contributed by atoms with van der Waals surface area (Å²) in [5.74, 6) is 1.89. The molecule has 3 rings (SSSR count). The number of hydrogen-bond donors (Lipinski definition) is 1. The zero-order valence-corrected chi connectivity index (χ0v) is 26.4. The van der Waals surface area contributed by atoms with Gasteiger partial charge < -0.3 is 5.32 Å². The van der Waals surface area contributed by atoms with E-state index in [4.69, 9.17) is 0 Å². The largest absolute Gasteiger partial charge is 0.326 e. The van der Waals surface area contributed by atoms with E-state index in [0.717, 1.165) is 36.4 Å². The lowest BCUT2D eigenvalue weighted by Gasteiger charge is -2.28. The lowest BCUT2D eigenvalue weighted by molar-refractivity contribution is -0.125. The highest BCUT2D eigenvalue weighted by atomic mass is 16.2. The Morgan fingerprint density at radius 2 is 1.72 bits per heavy atom. The highest BCUT2D eigenvalue weighted by Crippen LogP contribution is 2.32. The Morgan fingerprint density at radius 3 is 2.13 bits per heavy atom. The van der Waals surface area contributed by atoms with Crippen molar-refractivity contribution in [3.8, 4) is 0 Å². The summed E-state index contributed by atoms with van der Waals surface area (Å²) in [7, 11) is 0. The molecule has 0 bridgehead atoms. The van der Waals surface area contributed by atoms with Crippen LogP contribution in [0.1, 0.15) is 134 Å². The molecule has 0 unspecified atom stereocenters. The third kappa shape index (κ3) is 13.5. The van der Waals surface area contributed by atoms with Crippen molar-refractivity contribution in [3.63, 3.8) is 0 Å². The van der Waals surface area contributed by atoms with Gasteiger partial charge in [-0.1, -0.05) is 89.0 Å². The number of hydrogen-bond acceptors (Lipinski definition) is 2. The molecule has 2 aliphatic rings. The molecule has 2 saturated carbocycles. The van der Waals surface area contributed by atoms with Gasteiger partial charge in [0.15, 0.2) is 5.78 Å².